The van der Waals surface area contributed by atoms with Gasteiger partial charge in [0, 0.05) is 11.8 Å². The fourth-order valence-electron chi connectivity index (χ4n) is 3.26. The number of pyridine rings is 1. The molecule has 5 nitrogen and oxygen atoms in total. The van der Waals surface area contributed by atoms with Gasteiger partial charge in [-0.25, -0.2) is 17.8 Å². The van der Waals surface area contributed by atoms with Crippen molar-refractivity contribution in [3.8, 4) is 6.07 Å². The monoisotopic (exact) mass is 296 g/mol. The fraction of sp³-hybridized carbons (Fsp3) is 0.538. The maximum absolute atomic E-state index is 13.6. The maximum atomic E-state index is 13.6. The summed E-state index contributed by atoms with van der Waals surface area (Å²) in [4.78, 5) is 3.68. The number of halogens is 1. The molecule has 0 amide bonds. The van der Waals surface area contributed by atoms with Crippen molar-refractivity contribution in [2.45, 2.75) is 41.8 Å². The van der Waals surface area contributed by atoms with Crippen LogP contribution in [0.5, 0.6) is 0 Å². The fourth-order valence-corrected chi connectivity index (χ4v) is 5.75. The van der Waals surface area contributed by atoms with E-state index in [1.165, 1.54) is 6.20 Å². The van der Waals surface area contributed by atoms with Gasteiger partial charge in [0.15, 0.2) is 21.3 Å². The summed E-state index contributed by atoms with van der Waals surface area (Å²) in [5, 5.41) is 18.2. The van der Waals surface area contributed by atoms with Gasteiger partial charge in [0.2, 0.25) is 0 Å². The highest BCUT2D eigenvalue weighted by atomic mass is 32.2. The van der Waals surface area contributed by atoms with Crippen LogP contribution in [0, 0.1) is 17.1 Å². The Balaban J connectivity index is 1.99. The standard InChI is InChI=1S/C13H13FN2O3S/c14-11-3-8(7-16-12(11)6-15)13(17)4-9-1-2-10(5-13)20(9,18)19/h3,7,9-10,17H,1-2,4-5H2. The average Bonchev–Trinajstić information content (AvgIpc) is 2.59. The van der Waals surface area contributed by atoms with Crippen molar-refractivity contribution in [1.29, 1.82) is 5.26 Å². The Kier molecular flexibility index (Phi) is 2.85. The molecule has 2 aliphatic heterocycles. The van der Waals surface area contributed by atoms with E-state index in [2.05, 4.69) is 4.98 Å². The largest absolute Gasteiger partial charge is 0.385 e. The second-order valence-corrected chi connectivity index (χ2v) is 8.03. The van der Waals surface area contributed by atoms with E-state index >= 15 is 0 Å². The molecule has 106 valence electrons. The molecule has 1 N–H and O–H groups in total. The Morgan fingerprint density at radius 3 is 2.50 bits per heavy atom. The highest BCUT2D eigenvalue weighted by molar-refractivity contribution is 7.93. The Morgan fingerprint density at radius 2 is 2.00 bits per heavy atom. The van der Waals surface area contributed by atoms with E-state index in [0.29, 0.717) is 12.8 Å². The molecule has 2 unspecified atom stereocenters. The van der Waals surface area contributed by atoms with E-state index in [9.17, 15) is 17.9 Å². The lowest BCUT2D eigenvalue weighted by Crippen LogP contribution is -2.43. The first-order valence-electron chi connectivity index (χ1n) is 6.38. The molecular formula is C13H13FN2O3S. The van der Waals surface area contributed by atoms with Crippen molar-refractivity contribution in [3.05, 3.63) is 29.3 Å². The van der Waals surface area contributed by atoms with E-state index in [1.54, 1.807) is 6.07 Å². The Morgan fingerprint density at radius 1 is 1.40 bits per heavy atom. The lowest BCUT2D eigenvalue weighted by Gasteiger charge is -2.36. The topological polar surface area (TPSA) is 91.0 Å². The molecule has 2 fully saturated rings. The van der Waals surface area contributed by atoms with Crippen LogP contribution in [-0.2, 0) is 15.4 Å². The first-order chi connectivity index (χ1) is 9.37. The van der Waals surface area contributed by atoms with Gasteiger partial charge in [0.1, 0.15) is 6.07 Å². The molecule has 2 aliphatic rings. The lowest BCUT2D eigenvalue weighted by atomic mass is 9.87. The lowest BCUT2D eigenvalue weighted by molar-refractivity contribution is 0.0167. The van der Waals surface area contributed by atoms with Gasteiger partial charge in [-0.15, -0.1) is 0 Å². The van der Waals surface area contributed by atoms with Gasteiger partial charge in [-0.1, -0.05) is 0 Å². The third-order valence-electron chi connectivity index (χ3n) is 4.35. The van der Waals surface area contributed by atoms with Gasteiger partial charge in [-0.05, 0) is 31.7 Å². The van der Waals surface area contributed by atoms with Gasteiger partial charge in [-0.2, -0.15) is 5.26 Å². The van der Waals surface area contributed by atoms with Crippen molar-refractivity contribution in [1.82, 2.24) is 4.98 Å². The minimum Gasteiger partial charge on any atom is -0.385 e. The zero-order chi connectivity index (χ0) is 14.5. The van der Waals surface area contributed by atoms with Crippen molar-refractivity contribution in [2.75, 3.05) is 0 Å². The van der Waals surface area contributed by atoms with Crippen LogP contribution in [0.25, 0.3) is 0 Å². The van der Waals surface area contributed by atoms with Crippen molar-refractivity contribution >= 4 is 9.84 Å². The summed E-state index contributed by atoms with van der Waals surface area (Å²) in [6.45, 7) is 0. The normalized spacial score (nSPS) is 34.6. The van der Waals surface area contributed by atoms with Crippen LogP contribution in [0.2, 0.25) is 0 Å². The second kappa shape index (κ2) is 4.24. The Hall–Kier alpha value is -1.52. The van der Waals surface area contributed by atoms with E-state index in [4.69, 9.17) is 5.26 Å². The minimum atomic E-state index is -3.16. The van der Waals surface area contributed by atoms with E-state index in [1.807, 2.05) is 0 Å². The molecule has 7 heteroatoms. The zero-order valence-corrected chi connectivity index (χ0v) is 11.4. The van der Waals surface area contributed by atoms with Crippen LogP contribution in [0.1, 0.15) is 36.9 Å². The predicted octanol–water partition coefficient (Wildman–Crippen LogP) is 1.02. The quantitative estimate of drug-likeness (QED) is 0.835. The number of hydrogen-bond acceptors (Lipinski definition) is 5. The van der Waals surface area contributed by atoms with Crippen molar-refractivity contribution in [2.24, 2.45) is 0 Å². The summed E-state index contributed by atoms with van der Waals surface area (Å²) in [7, 11) is -3.16. The number of hydrogen-bond donors (Lipinski definition) is 1. The van der Waals surface area contributed by atoms with Crippen LogP contribution >= 0.6 is 0 Å². The highest BCUT2D eigenvalue weighted by Crippen LogP contribution is 2.47. The van der Waals surface area contributed by atoms with Gasteiger partial charge in [-0.3, -0.25) is 0 Å². The number of fused-ring (bicyclic) bond motifs is 2. The molecular weight excluding hydrogens is 283 g/mol. The van der Waals surface area contributed by atoms with Crippen LogP contribution < -0.4 is 0 Å². The molecule has 0 saturated carbocycles. The minimum absolute atomic E-state index is 0.0683. The number of rotatable bonds is 1. The predicted molar refractivity (Wildman–Crippen MR) is 67.8 cm³/mol. The first-order valence-corrected chi connectivity index (χ1v) is 7.99. The third kappa shape index (κ3) is 1.83. The molecule has 1 aromatic rings. The first kappa shape index (κ1) is 13.5. The van der Waals surface area contributed by atoms with E-state index < -0.39 is 31.8 Å². The molecule has 0 aromatic carbocycles. The number of nitriles is 1. The van der Waals surface area contributed by atoms with Crippen LogP contribution in [0.15, 0.2) is 12.3 Å². The summed E-state index contributed by atoms with van der Waals surface area (Å²) in [6.07, 6.45) is 2.49. The molecule has 2 saturated heterocycles. The van der Waals surface area contributed by atoms with Crippen molar-refractivity contribution in [3.63, 3.8) is 0 Å². The van der Waals surface area contributed by atoms with Crippen molar-refractivity contribution < 1.29 is 17.9 Å². The molecule has 0 spiro atoms. The number of nitrogens with zero attached hydrogens (tertiary/aromatic N) is 2. The van der Waals surface area contributed by atoms with Gasteiger partial charge in [0.05, 0.1) is 16.1 Å². The molecule has 20 heavy (non-hydrogen) atoms. The molecule has 3 heterocycles. The zero-order valence-electron chi connectivity index (χ0n) is 10.6. The van der Waals surface area contributed by atoms with Crippen LogP contribution in [0.4, 0.5) is 4.39 Å². The molecule has 1 aromatic heterocycles. The summed E-state index contributed by atoms with van der Waals surface area (Å²) in [6, 6.07) is 2.70. The number of sulfone groups is 1. The van der Waals surface area contributed by atoms with E-state index in [-0.39, 0.29) is 24.1 Å². The third-order valence-corrected chi connectivity index (χ3v) is 7.02. The van der Waals surface area contributed by atoms with Gasteiger partial charge in [0.25, 0.3) is 0 Å². The summed E-state index contributed by atoms with van der Waals surface area (Å²) < 4.78 is 37.7. The molecule has 0 radical (unpaired) electrons. The molecule has 0 aliphatic carbocycles. The summed E-state index contributed by atoms with van der Waals surface area (Å²) in [5.74, 6) is -0.792. The van der Waals surface area contributed by atoms with Gasteiger partial charge >= 0.3 is 0 Å². The van der Waals surface area contributed by atoms with Crippen LogP contribution in [-0.4, -0.2) is 29.0 Å². The smallest absolute Gasteiger partial charge is 0.176 e. The maximum Gasteiger partial charge on any atom is 0.176 e. The molecule has 3 rings (SSSR count). The highest BCUT2D eigenvalue weighted by Gasteiger charge is 2.53. The molecule has 2 atom stereocenters. The number of aliphatic hydroxyl groups is 1. The second-order valence-electron chi connectivity index (χ2n) is 5.52. The summed E-state index contributed by atoms with van der Waals surface area (Å²) >= 11 is 0. The van der Waals surface area contributed by atoms with Crippen LogP contribution in [0.3, 0.4) is 0 Å². The van der Waals surface area contributed by atoms with Gasteiger partial charge < -0.3 is 5.11 Å². The Labute approximate surface area is 116 Å². The summed E-state index contributed by atoms with van der Waals surface area (Å²) in [5.41, 5.74) is -1.46. The molecule has 2 bridgehead atoms. The average molecular weight is 296 g/mol. The SMILES string of the molecule is N#Cc1ncc(C2(O)CC3CCC(C2)S3(=O)=O)cc1F. The Bertz CT molecular complexity index is 691. The number of aromatic nitrogens is 1. The van der Waals surface area contributed by atoms with E-state index in [0.717, 1.165) is 6.07 Å².